The van der Waals surface area contributed by atoms with Gasteiger partial charge in [0.1, 0.15) is 5.69 Å². The molecule has 0 atom stereocenters. The molecule has 0 unspecified atom stereocenters. The molecule has 0 aliphatic heterocycles. The zero-order chi connectivity index (χ0) is 24.3. The molecular weight excluding hydrogens is 510 g/mol. The van der Waals surface area contributed by atoms with Gasteiger partial charge >= 0.3 is 0 Å². The van der Waals surface area contributed by atoms with Crippen LogP contribution in [0.5, 0.6) is 0 Å². The minimum Gasteiger partial charge on any atom is -0.396 e. The number of rotatable bonds is 7. The number of aromatic nitrogens is 2. The summed E-state index contributed by atoms with van der Waals surface area (Å²) in [5.74, 6) is -0.582. The highest BCUT2D eigenvalue weighted by Gasteiger charge is 2.19. The molecule has 172 valence electrons. The summed E-state index contributed by atoms with van der Waals surface area (Å²) < 4.78 is 29.8. The molecule has 3 rings (SSSR count). The predicted molar refractivity (Wildman–Crippen MR) is 132 cm³/mol. The van der Waals surface area contributed by atoms with Crippen LogP contribution in [-0.4, -0.2) is 30.6 Å². The molecule has 1 aromatic carbocycles. The SMILES string of the molecule is C=NC(=O)Cc1cc(N)c(-n2c(C)ccc(NS(=O)(=O)Cc3ccc(Br)cc3)c2=O)nc1C. The normalized spacial score (nSPS) is 11.2. The average Bonchev–Trinajstić information content (AvgIpc) is 2.75. The zero-order valence-corrected chi connectivity index (χ0v) is 20.4. The van der Waals surface area contributed by atoms with Crippen LogP contribution in [0.3, 0.4) is 0 Å². The highest BCUT2D eigenvalue weighted by atomic mass is 79.9. The van der Waals surface area contributed by atoms with Gasteiger partial charge in [0.2, 0.25) is 15.9 Å². The molecule has 1 amide bonds. The number of amides is 1. The second-order valence-corrected chi connectivity index (χ2v) is 10.0. The van der Waals surface area contributed by atoms with Gasteiger partial charge in [-0.1, -0.05) is 28.1 Å². The molecule has 0 bridgehead atoms. The number of sulfonamides is 1. The van der Waals surface area contributed by atoms with Crippen molar-refractivity contribution < 1.29 is 13.2 Å². The largest absolute Gasteiger partial charge is 0.396 e. The summed E-state index contributed by atoms with van der Waals surface area (Å²) in [6, 6.07) is 11.4. The first kappa shape index (κ1) is 24.3. The van der Waals surface area contributed by atoms with E-state index in [1.165, 1.54) is 10.6 Å². The van der Waals surface area contributed by atoms with E-state index in [2.05, 4.69) is 37.3 Å². The van der Waals surface area contributed by atoms with Gasteiger partial charge in [-0.3, -0.25) is 18.9 Å². The van der Waals surface area contributed by atoms with Crippen molar-refractivity contribution in [3.63, 3.8) is 0 Å². The fourth-order valence-corrected chi connectivity index (χ4v) is 4.66. The molecule has 0 saturated heterocycles. The smallest absolute Gasteiger partial charge is 0.280 e. The quantitative estimate of drug-likeness (QED) is 0.449. The van der Waals surface area contributed by atoms with Crippen molar-refractivity contribution in [1.82, 2.24) is 9.55 Å². The number of halogens is 1. The molecule has 0 saturated carbocycles. The van der Waals surface area contributed by atoms with E-state index in [0.717, 1.165) is 4.47 Å². The maximum Gasteiger partial charge on any atom is 0.280 e. The second-order valence-electron chi connectivity index (χ2n) is 7.39. The Morgan fingerprint density at radius 2 is 1.88 bits per heavy atom. The Balaban J connectivity index is 1.98. The molecule has 0 spiro atoms. The molecule has 9 nitrogen and oxygen atoms in total. The van der Waals surface area contributed by atoms with Crippen LogP contribution in [0.2, 0.25) is 0 Å². The third-order valence-corrected chi connectivity index (χ3v) is 6.64. The van der Waals surface area contributed by atoms with Gasteiger partial charge in [0.05, 0.1) is 17.9 Å². The standard InChI is InChI=1S/C22H22BrN5O4S/c1-13-4-9-19(27-33(31,32)12-15-5-7-17(23)8-6-15)22(30)28(13)21-18(24)10-16(14(2)26-21)11-20(29)25-3/h4-10,27H,3,11-12,24H2,1-2H3. The van der Waals surface area contributed by atoms with Crippen LogP contribution >= 0.6 is 15.9 Å². The minimum atomic E-state index is -3.86. The Morgan fingerprint density at radius 3 is 2.52 bits per heavy atom. The number of hydrogen-bond acceptors (Lipinski definition) is 6. The number of carbonyl (C=O) groups is 1. The first-order chi connectivity index (χ1) is 15.5. The summed E-state index contributed by atoms with van der Waals surface area (Å²) >= 11 is 3.31. The molecule has 0 aliphatic carbocycles. The monoisotopic (exact) mass is 531 g/mol. The number of anilines is 2. The van der Waals surface area contributed by atoms with Crippen LogP contribution in [0.25, 0.3) is 5.82 Å². The molecular formula is C22H22BrN5O4S. The van der Waals surface area contributed by atoms with E-state index in [1.54, 1.807) is 50.2 Å². The Labute approximate surface area is 199 Å². The Hall–Kier alpha value is -3.31. The number of nitrogens with two attached hydrogens (primary N) is 1. The maximum absolute atomic E-state index is 13.2. The topological polar surface area (TPSA) is 137 Å². The fraction of sp³-hybridized carbons (Fsp3) is 0.182. The summed E-state index contributed by atoms with van der Waals surface area (Å²) in [4.78, 5) is 32.6. The Morgan fingerprint density at radius 1 is 1.21 bits per heavy atom. The van der Waals surface area contributed by atoms with Gasteiger partial charge in [-0.2, -0.15) is 0 Å². The van der Waals surface area contributed by atoms with Crippen LogP contribution in [-0.2, 0) is 27.0 Å². The molecule has 0 aliphatic rings. The number of nitrogens with one attached hydrogen (secondary N) is 1. The van der Waals surface area contributed by atoms with Gasteiger partial charge in [0, 0.05) is 15.9 Å². The third kappa shape index (κ3) is 5.74. The number of pyridine rings is 2. The highest BCUT2D eigenvalue weighted by Crippen LogP contribution is 2.21. The summed E-state index contributed by atoms with van der Waals surface area (Å²) in [5.41, 5.74) is 7.68. The minimum absolute atomic E-state index is 0.0173. The number of hydrogen-bond donors (Lipinski definition) is 2. The summed E-state index contributed by atoms with van der Waals surface area (Å²) in [6.45, 7) is 6.57. The first-order valence-electron chi connectivity index (χ1n) is 9.74. The first-order valence-corrected chi connectivity index (χ1v) is 12.2. The van der Waals surface area contributed by atoms with Crippen LogP contribution < -0.4 is 16.0 Å². The fourth-order valence-electron chi connectivity index (χ4n) is 3.20. The van der Waals surface area contributed by atoms with E-state index >= 15 is 0 Å². The number of carbonyl (C=O) groups excluding carboxylic acids is 1. The lowest BCUT2D eigenvalue weighted by Gasteiger charge is -2.16. The molecule has 3 N–H and O–H groups in total. The van der Waals surface area contributed by atoms with Gasteiger partial charge in [-0.25, -0.2) is 18.4 Å². The van der Waals surface area contributed by atoms with E-state index in [1.807, 2.05) is 0 Å². The van der Waals surface area contributed by atoms with Crippen molar-refractivity contribution in [3.05, 3.63) is 79.8 Å². The summed E-state index contributed by atoms with van der Waals surface area (Å²) in [5, 5.41) is 0. The molecule has 3 aromatic rings. The number of aliphatic imine (C=N–C) groups is 1. The lowest BCUT2D eigenvalue weighted by atomic mass is 10.1. The maximum atomic E-state index is 13.2. The van der Waals surface area contributed by atoms with E-state index in [4.69, 9.17) is 5.73 Å². The van der Waals surface area contributed by atoms with Crippen molar-refractivity contribution >= 4 is 50.0 Å². The van der Waals surface area contributed by atoms with Crippen LogP contribution in [0.15, 0.2) is 56.7 Å². The lowest BCUT2D eigenvalue weighted by molar-refractivity contribution is -0.117. The Kier molecular flexibility index (Phi) is 7.13. The summed E-state index contributed by atoms with van der Waals surface area (Å²) in [7, 11) is -3.86. The van der Waals surface area contributed by atoms with Gasteiger partial charge in [-0.15, -0.1) is 0 Å². The van der Waals surface area contributed by atoms with Gasteiger partial charge < -0.3 is 5.73 Å². The number of nitrogens with zero attached hydrogens (tertiary/aromatic N) is 3. The van der Waals surface area contributed by atoms with Crippen molar-refractivity contribution in [2.45, 2.75) is 26.0 Å². The van der Waals surface area contributed by atoms with Gasteiger partial charge in [-0.05, 0) is 62.0 Å². The third-order valence-electron chi connectivity index (χ3n) is 4.87. The van der Waals surface area contributed by atoms with Gasteiger partial charge in [0.15, 0.2) is 5.82 Å². The Bertz CT molecular complexity index is 1400. The van der Waals surface area contributed by atoms with E-state index in [9.17, 15) is 18.0 Å². The lowest BCUT2D eigenvalue weighted by Crippen LogP contribution is -2.28. The number of benzene rings is 1. The second kappa shape index (κ2) is 9.67. The van der Waals surface area contributed by atoms with Gasteiger partial charge in [0.25, 0.3) is 5.56 Å². The number of aryl methyl sites for hydroxylation is 2. The number of nitrogen functional groups attached to an aromatic ring is 1. The van der Waals surface area contributed by atoms with E-state index in [-0.39, 0.29) is 29.4 Å². The van der Waals surface area contributed by atoms with Crippen molar-refractivity contribution in [1.29, 1.82) is 0 Å². The van der Waals surface area contributed by atoms with Crippen molar-refractivity contribution in [2.75, 3.05) is 10.5 Å². The molecule has 2 aromatic heterocycles. The van der Waals surface area contributed by atoms with Crippen LogP contribution in [0, 0.1) is 13.8 Å². The molecule has 33 heavy (non-hydrogen) atoms. The van der Waals surface area contributed by atoms with E-state index in [0.29, 0.717) is 22.5 Å². The van der Waals surface area contributed by atoms with Crippen molar-refractivity contribution in [3.8, 4) is 5.82 Å². The van der Waals surface area contributed by atoms with Crippen molar-refractivity contribution in [2.24, 2.45) is 4.99 Å². The average molecular weight is 532 g/mol. The highest BCUT2D eigenvalue weighted by molar-refractivity contribution is 9.10. The molecule has 0 radical (unpaired) electrons. The zero-order valence-electron chi connectivity index (χ0n) is 18.0. The predicted octanol–water partition coefficient (Wildman–Crippen LogP) is 2.91. The molecule has 11 heteroatoms. The van der Waals surface area contributed by atoms with Crippen LogP contribution in [0.4, 0.5) is 11.4 Å². The van der Waals surface area contributed by atoms with E-state index < -0.39 is 21.5 Å². The summed E-state index contributed by atoms with van der Waals surface area (Å²) in [6.07, 6.45) is -0.0173. The molecule has 2 heterocycles. The van der Waals surface area contributed by atoms with Crippen LogP contribution in [0.1, 0.15) is 22.5 Å². The molecule has 0 fully saturated rings.